The summed E-state index contributed by atoms with van der Waals surface area (Å²) in [5.74, 6) is -8.39. The number of carbonyl (C=O) groups excluding carboxylic acids is 1. The van der Waals surface area contributed by atoms with Gasteiger partial charge in [-0.1, -0.05) is 0 Å². The van der Waals surface area contributed by atoms with Crippen LogP contribution in [-0.2, 0) is 17.3 Å². The molecular formula is C12H9F4N3O2. The molecule has 2 aromatic rings. The van der Waals surface area contributed by atoms with E-state index < -0.39 is 35.6 Å². The molecule has 1 heterocycles. The molecule has 0 fully saturated rings. The molecule has 0 aliphatic rings. The summed E-state index contributed by atoms with van der Waals surface area (Å²) >= 11 is 0. The Morgan fingerprint density at radius 1 is 1.33 bits per heavy atom. The molecule has 0 bridgehead atoms. The summed E-state index contributed by atoms with van der Waals surface area (Å²) in [6, 6.07) is 1.47. The molecule has 0 aliphatic carbocycles. The fourth-order valence-electron chi connectivity index (χ4n) is 1.54. The van der Waals surface area contributed by atoms with Gasteiger partial charge in [-0.25, -0.2) is 8.78 Å². The van der Waals surface area contributed by atoms with Crippen LogP contribution in [0.15, 0.2) is 22.6 Å². The van der Waals surface area contributed by atoms with Gasteiger partial charge in [-0.2, -0.15) is 8.78 Å². The summed E-state index contributed by atoms with van der Waals surface area (Å²) in [6.45, 7) is 1.03. The van der Waals surface area contributed by atoms with Crippen LogP contribution in [0.25, 0.3) is 0 Å². The second-order valence-electron chi connectivity index (χ2n) is 4.10. The molecule has 1 N–H and O–H groups in total. The minimum absolute atomic E-state index is 0.0867. The number of aryl methyl sites for hydroxylation is 1. The molecule has 1 aromatic heterocycles. The minimum atomic E-state index is -4.23. The minimum Gasteiger partial charge on any atom is -0.424 e. The zero-order chi connectivity index (χ0) is 15.6. The summed E-state index contributed by atoms with van der Waals surface area (Å²) in [5, 5.41) is 8.76. The summed E-state index contributed by atoms with van der Waals surface area (Å²) in [4.78, 5) is 11.5. The van der Waals surface area contributed by atoms with Crippen molar-refractivity contribution in [3.63, 3.8) is 0 Å². The van der Waals surface area contributed by atoms with Gasteiger partial charge in [0.15, 0.2) is 0 Å². The Labute approximate surface area is 116 Å². The highest BCUT2D eigenvalue weighted by atomic mass is 19.3. The van der Waals surface area contributed by atoms with E-state index in [1.807, 2.05) is 5.32 Å². The third-order valence-corrected chi connectivity index (χ3v) is 2.52. The predicted molar refractivity (Wildman–Crippen MR) is 61.1 cm³/mol. The Morgan fingerprint density at radius 2 is 2.05 bits per heavy atom. The summed E-state index contributed by atoms with van der Waals surface area (Å²) in [6.07, 6.45) is 0. The number of hydrogen-bond donors (Lipinski definition) is 1. The fraction of sp³-hybridized carbons (Fsp3) is 0.250. The van der Waals surface area contributed by atoms with Gasteiger partial charge in [0, 0.05) is 6.92 Å². The molecule has 0 radical (unpaired) electrons. The highest BCUT2D eigenvalue weighted by molar-refractivity contribution is 5.84. The van der Waals surface area contributed by atoms with Gasteiger partial charge in [0.2, 0.25) is 11.8 Å². The van der Waals surface area contributed by atoms with Crippen LogP contribution in [0.4, 0.5) is 17.6 Å². The van der Waals surface area contributed by atoms with Crippen LogP contribution in [0.3, 0.4) is 0 Å². The molecule has 112 valence electrons. The summed E-state index contributed by atoms with van der Waals surface area (Å²) in [5.41, 5.74) is -1.35. The summed E-state index contributed by atoms with van der Waals surface area (Å²) in [7, 11) is 0. The fourth-order valence-corrected chi connectivity index (χ4v) is 1.54. The van der Waals surface area contributed by atoms with Gasteiger partial charge in [-0.05, 0) is 18.2 Å². The molecule has 0 aliphatic heterocycles. The van der Waals surface area contributed by atoms with E-state index in [-0.39, 0.29) is 17.8 Å². The lowest BCUT2D eigenvalue weighted by molar-refractivity contribution is -0.147. The topological polar surface area (TPSA) is 68.0 Å². The molecule has 0 saturated heterocycles. The monoisotopic (exact) mass is 303 g/mol. The van der Waals surface area contributed by atoms with Gasteiger partial charge in [0.05, 0.1) is 12.1 Å². The number of nitrogens with one attached hydrogen (secondary N) is 1. The van der Waals surface area contributed by atoms with Crippen LogP contribution >= 0.6 is 0 Å². The molecule has 0 atom stereocenters. The number of halogens is 4. The van der Waals surface area contributed by atoms with Crippen molar-refractivity contribution in [3.05, 3.63) is 47.2 Å². The Bertz CT molecular complexity index is 672. The van der Waals surface area contributed by atoms with Crippen LogP contribution in [0, 0.1) is 18.6 Å². The van der Waals surface area contributed by atoms with Gasteiger partial charge >= 0.3 is 5.92 Å². The highest BCUT2D eigenvalue weighted by Crippen LogP contribution is 2.30. The van der Waals surface area contributed by atoms with Crippen molar-refractivity contribution in [3.8, 4) is 0 Å². The van der Waals surface area contributed by atoms with Crippen LogP contribution in [0.2, 0.25) is 0 Å². The van der Waals surface area contributed by atoms with E-state index in [1.165, 1.54) is 6.92 Å². The Kier molecular flexibility index (Phi) is 3.92. The van der Waals surface area contributed by atoms with Crippen molar-refractivity contribution in [2.24, 2.45) is 0 Å². The number of carbonyl (C=O) groups is 1. The Morgan fingerprint density at radius 3 is 2.67 bits per heavy atom. The lowest BCUT2D eigenvalue weighted by Crippen LogP contribution is -2.38. The van der Waals surface area contributed by atoms with Crippen LogP contribution < -0.4 is 5.32 Å². The third kappa shape index (κ3) is 3.18. The Hall–Kier alpha value is -2.45. The zero-order valence-electron chi connectivity index (χ0n) is 10.7. The highest BCUT2D eigenvalue weighted by Gasteiger charge is 2.43. The van der Waals surface area contributed by atoms with E-state index in [2.05, 4.69) is 10.2 Å². The largest absolute Gasteiger partial charge is 0.424 e. The van der Waals surface area contributed by atoms with Crippen molar-refractivity contribution in [1.29, 1.82) is 0 Å². The predicted octanol–water partition coefficient (Wildman–Crippen LogP) is 2.06. The van der Waals surface area contributed by atoms with Crippen LogP contribution in [0.5, 0.6) is 0 Å². The number of amides is 1. The maximum atomic E-state index is 13.8. The number of aromatic nitrogens is 2. The maximum absolute atomic E-state index is 13.8. The van der Waals surface area contributed by atoms with Gasteiger partial charge in [-0.3, -0.25) is 4.79 Å². The average molecular weight is 303 g/mol. The number of benzene rings is 1. The van der Waals surface area contributed by atoms with Crippen molar-refractivity contribution >= 4 is 5.91 Å². The second-order valence-corrected chi connectivity index (χ2v) is 4.10. The molecule has 0 saturated carbocycles. The molecule has 9 heteroatoms. The molecular weight excluding hydrogens is 294 g/mol. The maximum Gasteiger partial charge on any atom is 0.352 e. The van der Waals surface area contributed by atoms with Crippen molar-refractivity contribution in [2.45, 2.75) is 19.4 Å². The van der Waals surface area contributed by atoms with Gasteiger partial charge in [0.1, 0.15) is 11.6 Å². The quantitative estimate of drug-likeness (QED) is 0.878. The molecule has 5 nitrogen and oxygen atoms in total. The molecule has 1 amide bonds. The normalized spacial score (nSPS) is 11.5. The molecule has 0 unspecified atom stereocenters. The van der Waals surface area contributed by atoms with E-state index in [0.29, 0.717) is 12.1 Å². The first kappa shape index (κ1) is 14.9. The smallest absolute Gasteiger partial charge is 0.352 e. The lowest BCUT2D eigenvalue weighted by Gasteiger charge is -2.16. The molecule has 0 spiro atoms. The van der Waals surface area contributed by atoms with Crippen molar-refractivity contribution < 1.29 is 26.8 Å². The van der Waals surface area contributed by atoms with E-state index in [1.54, 1.807) is 0 Å². The third-order valence-electron chi connectivity index (χ3n) is 2.52. The lowest BCUT2D eigenvalue weighted by atomic mass is 10.1. The SMILES string of the molecule is Cc1nnc(CNC(=O)C(F)(F)c2cc(F)ccc2F)o1. The molecule has 21 heavy (non-hydrogen) atoms. The van der Waals surface area contributed by atoms with Crippen LogP contribution in [-0.4, -0.2) is 16.1 Å². The second kappa shape index (κ2) is 5.51. The van der Waals surface area contributed by atoms with E-state index >= 15 is 0 Å². The first-order chi connectivity index (χ1) is 9.80. The average Bonchev–Trinajstić information content (AvgIpc) is 2.84. The van der Waals surface area contributed by atoms with Crippen LogP contribution in [0.1, 0.15) is 17.3 Å². The van der Waals surface area contributed by atoms with E-state index in [0.717, 1.165) is 0 Å². The molecule has 2 rings (SSSR count). The van der Waals surface area contributed by atoms with Crippen molar-refractivity contribution in [2.75, 3.05) is 0 Å². The van der Waals surface area contributed by atoms with Gasteiger partial charge < -0.3 is 9.73 Å². The number of hydrogen-bond acceptors (Lipinski definition) is 4. The first-order valence-corrected chi connectivity index (χ1v) is 5.71. The zero-order valence-corrected chi connectivity index (χ0v) is 10.7. The summed E-state index contributed by atoms with van der Waals surface area (Å²) < 4.78 is 58.8. The first-order valence-electron chi connectivity index (χ1n) is 5.71. The molecule has 1 aromatic carbocycles. The van der Waals surface area contributed by atoms with Crippen molar-refractivity contribution in [1.82, 2.24) is 15.5 Å². The van der Waals surface area contributed by atoms with E-state index in [4.69, 9.17) is 4.42 Å². The standard InChI is InChI=1S/C12H9F4N3O2/c1-6-18-19-10(21-6)5-17-11(20)12(15,16)8-4-7(13)2-3-9(8)14/h2-4H,5H2,1H3,(H,17,20). The number of alkyl halides is 2. The van der Waals surface area contributed by atoms with E-state index in [9.17, 15) is 22.4 Å². The van der Waals surface area contributed by atoms with Gasteiger partial charge in [-0.15, -0.1) is 10.2 Å². The Balaban J connectivity index is 2.14. The number of nitrogens with zero attached hydrogens (tertiary/aromatic N) is 2. The van der Waals surface area contributed by atoms with Gasteiger partial charge in [0.25, 0.3) is 5.91 Å². The number of rotatable bonds is 4.